The van der Waals surface area contributed by atoms with Gasteiger partial charge >= 0.3 is 0 Å². The van der Waals surface area contributed by atoms with Crippen molar-refractivity contribution in [3.8, 4) is 0 Å². The fourth-order valence-corrected chi connectivity index (χ4v) is 3.38. The summed E-state index contributed by atoms with van der Waals surface area (Å²) in [6, 6.07) is 10.5. The number of fused-ring (bicyclic) bond motifs is 1. The van der Waals surface area contributed by atoms with E-state index in [0.717, 1.165) is 22.4 Å². The zero-order valence-corrected chi connectivity index (χ0v) is 11.0. The van der Waals surface area contributed by atoms with Gasteiger partial charge in [0.15, 0.2) is 0 Å². The summed E-state index contributed by atoms with van der Waals surface area (Å²) >= 11 is 2.04. The van der Waals surface area contributed by atoms with Crippen molar-refractivity contribution in [2.24, 2.45) is 0 Å². The van der Waals surface area contributed by atoms with Crippen LogP contribution in [-0.4, -0.2) is 22.5 Å². The molecule has 0 saturated carbocycles. The molecule has 94 valence electrons. The predicted molar refractivity (Wildman–Crippen MR) is 80.1 cm³/mol. The van der Waals surface area contributed by atoms with E-state index in [4.69, 9.17) is 5.73 Å². The molecule has 1 aliphatic rings. The van der Waals surface area contributed by atoms with Gasteiger partial charge in [-0.2, -0.15) is 11.8 Å². The Bertz CT molecular complexity index is 550. The highest BCUT2D eigenvalue weighted by atomic mass is 32.2. The zero-order chi connectivity index (χ0) is 12.4. The number of rotatable bonds is 2. The summed E-state index contributed by atoms with van der Waals surface area (Å²) in [6.07, 6.45) is 2.46. The lowest BCUT2D eigenvalue weighted by Gasteiger charge is -2.23. The molecule has 3 rings (SSSR count). The van der Waals surface area contributed by atoms with Gasteiger partial charge in [-0.3, -0.25) is 0 Å². The quantitative estimate of drug-likeness (QED) is 0.814. The average Bonchev–Trinajstić information content (AvgIpc) is 2.40. The van der Waals surface area contributed by atoms with E-state index in [2.05, 4.69) is 16.4 Å². The number of nitrogens with one attached hydrogen (secondary N) is 1. The molecule has 4 heteroatoms. The molecule has 0 radical (unpaired) electrons. The number of pyridine rings is 1. The topological polar surface area (TPSA) is 50.9 Å². The van der Waals surface area contributed by atoms with E-state index in [1.54, 1.807) is 0 Å². The second kappa shape index (κ2) is 5.06. The molecule has 2 heterocycles. The van der Waals surface area contributed by atoms with E-state index < -0.39 is 0 Å². The van der Waals surface area contributed by atoms with Gasteiger partial charge in [0.05, 0.1) is 5.52 Å². The summed E-state index contributed by atoms with van der Waals surface area (Å²) in [5.74, 6) is 3.48. The highest BCUT2D eigenvalue weighted by molar-refractivity contribution is 7.99. The lowest BCUT2D eigenvalue weighted by atomic mass is 10.1. The molecule has 2 aromatic rings. The van der Waals surface area contributed by atoms with Gasteiger partial charge in [-0.15, -0.1) is 0 Å². The summed E-state index contributed by atoms with van der Waals surface area (Å²) in [5, 5.41) is 4.63. The van der Waals surface area contributed by atoms with Crippen molar-refractivity contribution in [1.82, 2.24) is 4.98 Å². The monoisotopic (exact) mass is 259 g/mol. The molecule has 0 amide bonds. The Labute approximate surface area is 111 Å². The van der Waals surface area contributed by atoms with Gasteiger partial charge < -0.3 is 11.1 Å². The van der Waals surface area contributed by atoms with E-state index in [9.17, 15) is 0 Å². The highest BCUT2D eigenvalue weighted by Crippen LogP contribution is 2.22. The van der Waals surface area contributed by atoms with Crippen LogP contribution in [0, 0.1) is 0 Å². The summed E-state index contributed by atoms with van der Waals surface area (Å²) in [7, 11) is 0. The summed E-state index contributed by atoms with van der Waals surface area (Å²) in [6.45, 7) is 0. The third-order valence-electron chi connectivity index (χ3n) is 3.29. The Hall–Kier alpha value is -1.42. The molecule has 0 unspecified atom stereocenters. The second-order valence-electron chi connectivity index (χ2n) is 4.68. The van der Waals surface area contributed by atoms with Crippen LogP contribution in [0.5, 0.6) is 0 Å². The molecular formula is C14H17N3S. The first-order valence-corrected chi connectivity index (χ1v) is 7.47. The number of nitrogens with two attached hydrogens (primary N) is 1. The number of nitrogen functional groups attached to an aromatic ring is 1. The van der Waals surface area contributed by atoms with Crippen LogP contribution in [0.4, 0.5) is 11.5 Å². The SMILES string of the molecule is Nc1ccc2nc(NC3CCSCC3)ccc2c1. The Morgan fingerprint density at radius 3 is 2.83 bits per heavy atom. The minimum atomic E-state index is 0.574. The number of thioether (sulfide) groups is 1. The summed E-state index contributed by atoms with van der Waals surface area (Å²) in [4.78, 5) is 4.64. The number of anilines is 2. The Morgan fingerprint density at radius 2 is 2.00 bits per heavy atom. The fourth-order valence-electron chi connectivity index (χ4n) is 2.28. The molecule has 18 heavy (non-hydrogen) atoms. The van der Waals surface area contributed by atoms with Gasteiger partial charge in [0.25, 0.3) is 0 Å². The minimum Gasteiger partial charge on any atom is -0.399 e. The van der Waals surface area contributed by atoms with E-state index in [1.165, 1.54) is 24.3 Å². The first-order valence-electron chi connectivity index (χ1n) is 6.32. The Kier molecular flexibility index (Phi) is 3.28. The molecule has 0 aliphatic carbocycles. The summed E-state index contributed by atoms with van der Waals surface area (Å²) < 4.78 is 0. The van der Waals surface area contributed by atoms with Gasteiger partial charge in [0.1, 0.15) is 5.82 Å². The van der Waals surface area contributed by atoms with Gasteiger partial charge in [-0.05, 0) is 54.7 Å². The first kappa shape index (κ1) is 11.7. The number of nitrogens with zero attached hydrogens (tertiary/aromatic N) is 1. The van der Waals surface area contributed by atoms with Crippen molar-refractivity contribution < 1.29 is 0 Å². The van der Waals surface area contributed by atoms with Crippen LogP contribution >= 0.6 is 11.8 Å². The van der Waals surface area contributed by atoms with Crippen molar-refractivity contribution in [2.45, 2.75) is 18.9 Å². The molecule has 0 bridgehead atoms. The molecule has 1 aliphatic heterocycles. The van der Waals surface area contributed by atoms with E-state index >= 15 is 0 Å². The maximum Gasteiger partial charge on any atom is 0.126 e. The predicted octanol–water partition coefficient (Wildman–Crippen LogP) is 3.12. The molecule has 1 fully saturated rings. The van der Waals surface area contributed by atoms with Crippen molar-refractivity contribution in [3.05, 3.63) is 30.3 Å². The van der Waals surface area contributed by atoms with Crippen LogP contribution in [0.25, 0.3) is 10.9 Å². The lowest BCUT2D eigenvalue weighted by Crippen LogP contribution is -2.24. The molecule has 0 atom stereocenters. The number of aromatic nitrogens is 1. The third kappa shape index (κ3) is 2.53. The summed E-state index contributed by atoms with van der Waals surface area (Å²) in [5.41, 5.74) is 7.55. The van der Waals surface area contributed by atoms with E-state index in [1.807, 2.05) is 36.0 Å². The molecule has 3 nitrogen and oxygen atoms in total. The van der Waals surface area contributed by atoms with E-state index in [0.29, 0.717) is 6.04 Å². The van der Waals surface area contributed by atoms with E-state index in [-0.39, 0.29) is 0 Å². The molecular weight excluding hydrogens is 242 g/mol. The first-order chi connectivity index (χ1) is 8.81. The van der Waals surface area contributed by atoms with Crippen LogP contribution in [0.2, 0.25) is 0 Å². The van der Waals surface area contributed by atoms with Crippen molar-refractivity contribution in [3.63, 3.8) is 0 Å². The maximum absolute atomic E-state index is 5.77. The van der Waals surface area contributed by atoms with Crippen LogP contribution in [0.3, 0.4) is 0 Å². The van der Waals surface area contributed by atoms with Crippen molar-refractivity contribution >= 4 is 34.2 Å². The van der Waals surface area contributed by atoms with Crippen molar-refractivity contribution in [1.29, 1.82) is 0 Å². The van der Waals surface area contributed by atoms with Crippen LogP contribution in [0.1, 0.15) is 12.8 Å². The largest absolute Gasteiger partial charge is 0.399 e. The molecule has 1 aromatic carbocycles. The van der Waals surface area contributed by atoms with Gasteiger partial charge in [-0.25, -0.2) is 4.98 Å². The molecule has 3 N–H and O–H groups in total. The third-order valence-corrected chi connectivity index (χ3v) is 4.34. The van der Waals surface area contributed by atoms with Crippen molar-refractivity contribution in [2.75, 3.05) is 22.6 Å². The normalized spacial score (nSPS) is 16.9. The zero-order valence-electron chi connectivity index (χ0n) is 10.2. The van der Waals surface area contributed by atoms with Crippen LogP contribution in [-0.2, 0) is 0 Å². The lowest BCUT2D eigenvalue weighted by molar-refractivity contribution is 0.664. The Balaban J connectivity index is 1.82. The second-order valence-corrected chi connectivity index (χ2v) is 5.90. The average molecular weight is 259 g/mol. The Morgan fingerprint density at radius 1 is 1.17 bits per heavy atom. The molecule has 0 spiro atoms. The standard InChI is InChI=1S/C14H17N3S/c15-11-2-3-13-10(9-11)1-4-14(17-13)16-12-5-7-18-8-6-12/h1-4,9,12H,5-8,15H2,(H,16,17). The van der Waals surface area contributed by atoms with Crippen LogP contribution < -0.4 is 11.1 Å². The van der Waals surface area contributed by atoms with Gasteiger partial charge in [0, 0.05) is 17.1 Å². The fraction of sp³-hybridized carbons (Fsp3) is 0.357. The minimum absolute atomic E-state index is 0.574. The highest BCUT2D eigenvalue weighted by Gasteiger charge is 2.13. The molecule has 1 saturated heterocycles. The maximum atomic E-state index is 5.77. The number of hydrogen-bond acceptors (Lipinski definition) is 4. The number of benzene rings is 1. The molecule has 1 aromatic heterocycles. The van der Waals surface area contributed by atoms with Gasteiger partial charge in [-0.1, -0.05) is 0 Å². The van der Waals surface area contributed by atoms with Gasteiger partial charge in [0.2, 0.25) is 0 Å². The van der Waals surface area contributed by atoms with Crippen LogP contribution in [0.15, 0.2) is 30.3 Å². The number of hydrogen-bond donors (Lipinski definition) is 2. The smallest absolute Gasteiger partial charge is 0.126 e.